The van der Waals surface area contributed by atoms with Crippen molar-refractivity contribution in [2.24, 2.45) is 5.14 Å². The fraction of sp³-hybridized carbons (Fsp3) is 0.286. The quantitative estimate of drug-likeness (QED) is 0.915. The molecule has 0 spiro atoms. The molecule has 0 amide bonds. The summed E-state index contributed by atoms with van der Waals surface area (Å²) in [4.78, 5) is 0. The fourth-order valence-corrected chi connectivity index (χ4v) is 3.56. The summed E-state index contributed by atoms with van der Waals surface area (Å²) in [5.41, 5.74) is 0.728. The Kier molecular flexibility index (Phi) is 3.62. The summed E-state index contributed by atoms with van der Waals surface area (Å²) in [7, 11) is -2.24. The highest BCUT2D eigenvalue weighted by Crippen LogP contribution is 2.38. The normalized spacial score (nSPS) is 27.1. The van der Waals surface area contributed by atoms with Gasteiger partial charge in [0.25, 0.3) is 0 Å². The Morgan fingerprint density at radius 3 is 2.42 bits per heavy atom. The molecule has 2 atom stereocenters. The molecule has 4 nitrogen and oxygen atoms in total. The van der Waals surface area contributed by atoms with Crippen LogP contribution in [0.2, 0.25) is 0 Å². The highest BCUT2D eigenvalue weighted by Gasteiger charge is 2.44. The van der Waals surface area contributed by atoms with Crippen LogP contribution in [0.4, 0.5) is 0 Å². The topological polar surface area (TPSA) is 69.4 Å². The molecule has 2 rings (SSSR count). The summed E-state index contributed by atoms with van der Waals surface area (Å²) < 4.78 is 29.0. The molecule has 0 bridgehead atoms. The van der Waals surface area contributed by atoms with Gasteiger partial charge in [-0.1, -0.05) is 48.6 Å². The lowest BCUT2D eigenvalue weighted by Crippen LogP contribution is -2.49. The number of primary sulfonamides is 1. The van der Waals surface area contributed by atoms with Gasteiger partial charge in [0.15, 0.2) is 0 Å². The van der Waals surface area contributed by atoms with Crippen LogP contribution >= 0.6 is 0 Å². The van der Waals surface area contributed by atoms with Crippen LogP contribution in [0.3, 0.4) is 0 Å². The first-order valence-electron chi connectivity index (χ1n) is 5.91. The van der Waals surface area contributed by atoms with Crippen molar-refractivity contribution in [2.45, 2.75) is 17.8 Å². The molecule has 0 fully saturated rings. The molecule has 102 valence electrons. The lowest BCUT2D eigenvalue weighted by atomic mass is 9.83. The van der Waals surface area contributed by atoms with Crippen molar-refractivity contribution in [3.63, 3.8) is 0 Å². The summed E-state index contributed by atoms with van der Waals surface area (Å²) in [6.45, 7) is 1.74. The second-order valence-electron chi connectivity index (χ2n) is 4.65. The molecule has 2 N–H and O–H groups in total. The number of nitrogens with two attached hydrogens (primary N) is 1. The number of rotatable bonds is 3. The van der Waals surface area contributed by atoms with Gasteiger partial charge in [-0.25, -0.2) is 13.6 Å². The monoisotopic (exact) mass is 279 g/mol. The van der Waals surface area contributed by atoms with Gasteiger partial charge >= 0.3 is 0 Å². The minimum absolute atomic E-state index is 0.803. The van der Waals surface area contributed by atoms with Crippen molar-refractivity contribution in [2.75, 3.05) is 7.11 Å². The zero-order valence-corrected chi connectivity index (χ0v) is 11.7. The Balaban J connectivity index is 2.56. The zero-order valence-electron chi connectivity index (χ0n) is 10.9. The molecule has 2 unspecified atom stereocenters. The lowest BCUT2D eigenvalue weighted by Gasteiger charge is -2.37. The highest BCUT2D eigenvalue weighted by atomic mass is 32.2. The molecule has 5 heteroatoms. The molecule has 0 aromatic heterocycles. The average Bonchev–Trinajstić information content (AvgIpc) is 2.38. The van der Waals surface area contributed by atoms with Crippen molar-refractivity contribution in [1.82, 2.24) is 0 Å². The Labute approximate surface area is 113 Å². The van der Waals surface area contributed by atoms with Crippen molar-refractivity contribution in [1.29, 1.82) is 0 Å². The number of hydrogen-bond donors (Lipinski definition) is 1. The van der Waals surface area contributed by atoms with E-state index in [2.05, 4.69) is 0 Å². The van der Waals surface area contributed by atoms with Crippen LogP contribution in [0.15, 0.2) is 48.6 Å². The number of sulfonamides is 1. The molecule has 0 saturated carbocycles. The van der Waals surface area contributed by atoms with Crippen LogP contribution in [0.5, 0.6) is 0 Å². The van der Waals surface area contributed by atoms with E-state index in [4.69, 9.17) is 9.88 Å². The number of hydrogen-bond acceptors (Lipinski definition) is 3. The maximum absolute atomic E-state index is 11.8. The molecule has 19 heavy (non-hydrogen) atoms. The van der Waals surface area contributed by atoms with Gasteiger partial charge in [-0.15, -0.1) is 0 Å². The summed E-state index contributed by atoms with van der Waals surface area (Å²) in [6.07, 6.45) is 5.13. The van der Waals surface area contributed by atoms with Crippen LogP contribution in [0, 0.1) is 0 Å². The zero-order chi connectivity index (χ0) is 14.1. The number of methoxy groups -OCH3 is 1. The third kappa shape index (κ3) is 2.49. The first kappa shape index (κ1) is 14.0. The molecule has 1 aromatic rings. The molecule has 1 aromatic carbocycles. The molecule has 1 aliphatic rings. The van der Waals surface area contributed by atoms with Gasteiger partial charge < -0.3 is 4.74 Å². The number of ether oxygens (including phenoxy) is 1. The maximum atomic E-state index is 11.8. The Bertz CT molecular complexity index is 619. The van der Waals surface area contributed by atoms with E-state index in [0.29, 0.717) is 0 Å². The molecule has 0 aliphatic heterocycles. The molecule has 0 heterocycles. The van der Waals surface area contributed by atoms with E-state index in [1.54, 1.807) is 19.1 Å². The summed E-state index contributed by atoms with van der Waals surface area (Å²) in [5.74, 6) is 0. The predicted molar refractivity (Wildman–Crippen MR) is 75.9 cm³/mol. The molecule has 0 saturated heterocycles. The predicted octanol–water partition coefficient (Wildman–Crippen LogP) is 1.70. The van der Waals surface area contributed by atoms with E-state index in [-0.39, 0.29) is 0 Å². The number of benzene rings is 1. The average molecular weight is 279 g/mol. The van der Waals surface area contributed by atoms with Crippen LogP contribution in [0.25, 0.3) is 5.57 Å². The Morgan fingerprint density at radius 1 is 1.26 bits per heavy atom. The Morgan fingerprint density at radius 2 is 1.89 bits per heavy atom. The van der Waals surface area contributed by atoms with E-state index < -0.39 is 20.9 Å². The standard InChI is InChI=1S/C14H17NO3S/c1-14(18-2)12(11-7-4-3-5-8-11)9-6-10-13(14)19(15,16)17/h3-10,13H,1-2H3,(H2,15,16,17). The minimum atomic E-state index is -3.74. The number of allylic oxidation sites excluding steroid dienone is 2. The van der Waals surface area contributed by atoms with Gasteiger partial charge in [-0.2, -0.15) is 0 Å². The van der Waals surface area contributed by atoms with E-state index in [9.17, 15) is 8.42 Å². The van der Waals surface area contributed by atoms with Gasteiger partial charge in [-0.3, -0.25) is 0 Å². The van der Waals surface area contributed by atoms with Crippen molar-refractivity contribution >= 4 is 15.6 Å². The molecular weight excluding hydrogens is 262 g/mol. The van der Waals surface area contributed by atoms with Crippen LogP contribution in [-0.2, 0) is 14.8 Å². The Hall–Kier alpha value is -1.43. The second kappa shape index (κ2) is 4.92. The van der Waals surface area contributed by atoms with E-state index >= 15 is 0 Å². The largest absolute Gasteiger partial charge is 0.372 e. The summed E-state index contributed by atoms with van der Waals surface area (Å²) in [5, 5.41) is 4.42. The van der Waals surface area contributed by atoms with E-state index in [0.717, 1.165) is 11.1 Å². The minimum Gasteiger partial charge on any atom is -0.372 e. The second-order valence-corrected chi connectivity index (χ2v) is 6.34. The lowest BCUT2D eigenvalue weighted by molar-refractivity contribution is 0.0620. The van der Waals surface area contributed by atoms with Crippen LogP contribution in [0.1, 0.15) is 12.5 Å². The molecule has 0 radical (unpaired) electrons. The SMILES string of the molecule is COC1(C)C(c2ccccc2)=CC=CC1S(N)(=O)=O. The summed E-state index contributed by atoms with van der Waals surface area (Å²) >= 11 is 0. The fourth-order valence-electron chi connectivity index (χ4n) is 2.40. The molecular formula is C14H17NO3S. The van der Waals surface area contributed by atoms with Gasteiger partial charge in [0.1, 0.15) is 10.9 Å². The van der Waals surface area contributed by atoms with Crippen LogP contribution in [-0.4, -0.2) is 26.4 Å². The van der Waals surface area contributed by atoms with Crippen molar-refractivity contribution < 1.29 is 13.2 Å². The summed E-state index contributed by atoms with van der Waals surface area (Å²) in [6, 6.07) is 9.54. The smallest absolute Gasteiger partial charge is 0.218 e. The van der Waals surface area contributed by atoms with Crippen molar-refractivity contribution in [3.8, 4) is 0 Å². The van der Waals surface area contributed by atoms with Gasteiger partial charge in [0, 0.05) is 7.11 Å². The first-order valence-corrected chi connectivity index (χ1v) is 7.51. The van der Waals surface area contributed by atoms with Crippen LogP contribution < -0.4 is 5.14 Å². The highest BCUT2D eigenvalue weighted by molar-refractivity contribution is 7.90. The van der Waals surface area contributed by atoms with E-state index in [1.807, 2.05) is 36.4 Å². The van der Waals surface area contributed by atoms with Crippen molar-refractivity contribution in [3.05, 3.63) is 54.1 Å². The first-order chi connectivity index (χ1) is 8.89. The van der Waals surface area contributed by atoms with Gasteiger partial charge in [-0.05, 0) is 18.1 Å². The van der Waals surface area contributed by atoms with Gasteiger partial charge in [0.05, 0.1) is 0 Å². The third-order valence-corrected chi connectivity index (χ3v) is 4.80. The third-order valence-electron chi connectivity index (χ3n) is 3.49. The maximum Gasteiger partial charge on any atom is 0.218 e. The van der Waals surface area contributed by atoms with E-state index in [1.165, 1.54) is 7.11 Å². The molecule has 1 aliphatic carbocycles. The van der Waals surface area contributed by atoms with Gasteiger partial charge in [0.2, 0.25) is 10.0 Å².